The van der Waals surface area contributed by atoms with Gasteiger partial charge in [0.25, 0.3) is 6.43 Å². The minimum Gasteiger partial charge on any atom is -0.459 e. The molecule has 0 aromatic heterocycles. The summed E-state index contributed by atoms with van der Waals surface area (Å²) < 4.78 is 54.2. The molecular formula is C12H15F2NO4S. The van der Waals surface area contributed by atoms with Gasteiger partial charge in [-0.15, -0.1) is 0 Å². The summed E-state index contributed by atoms with van der Waals surface area (Å²) >= 11 is 0. The van der Waals surface area contributed by atoms with Gasteiger partial charge < -0.3 is 10.5 Å². The van der Waals surface area contributed by atoms with Gasteiger partial charge in [0.1, 0.15) is 0 Å². The fourth-order valence-electron chi connectivity index (χ4n) is 1.66. The number of esters is 1. The minimum atomic E-state index is -3.92. The van der Waals surface area contributed by atoms with Crippen LogP contribution in [0.4, 0.5) is 14.5 Å². The summed E-state index contributed by atoms with van der Waals surface area (Å²) in [5.41, 5.74) is 3.75. The van der Waals surface area contributed by atoms with Crippen LogP contribution in [0.3, 0.4) is 0 Å². The van der Waals surface area contributed by atoms with E-state index in [0.29, 0.717) is 0 Å². The molecule has 0 atom stereocenters. The number of carbonyl (C=O) groups is 1. The van der Waals surface area contributed by atoms with Crippen molar-refractivity contribution in [3.8, 4) is 0 Å². The van der Waals surface area contributed by atoms with Crippen molar-refractivity contribution in [1.29, 1.82) is 0 Å². The number of ether oxygens (including phenoxy) is 1. The van der Waals surface area contributed by atoms with Gasteiger partial charge in [-0.2, -0.15) is 0 Å². The number of alkyl halides is 2. The molecule has 0 bridgehead atoms. The Kier molecular flexibility index (Phi) is 4.69. The number of carbonyl (C=O) groups excluding carboxylic acids is 1. The molecule has 0 saturated carbocycles. The van der Waals surface area contributed by atoms with Crippen molar-refractivity contribution in [2.24, 2.45) is 0 Å². The number of hydrogen-bond acceptors (Lipinski definition) is 5. The molecule has 0 aliphatic rings. The third-order valence-corrected chi connectivity index (χ3v) is 3.56. The van der Waals surface area contributed by atoms with E-state index < -0.39 is 44.4 Å². The molecule has 1 aromatic rings. The first-order valence-electron chi connectivity index (χ1n) is 5.67. The second-order valence-electron chi connectivity index (χ2n) is 4.47. The van der Waals surface area contributed by atoms with Gasteiger partial charge in [-0.1, -0.05) is 0 Å². The summed E-state index contributed by atoms with van der Waals surface area (Å²) in [6, 6.07) is 2.05. The van der Waals surface area contributed by atoms with Gasteiger partial charge in [-0.25, -0.2) is 22.0 Å². The second kappa shape index (κ2) is 5.74. The number of nitrogens with two attached hydrogens (primary N) is 1. The maximum absolute atomic E-state index is 13.2. The zero-order valence-electron chi connectivity index (χ0n) is 11.2. The quantitative estimate of drug-likeness (QED) is 0.680. The summed E-state index contributed by atoms with van der Waals surface area (Å²) in [5.74, 6) is -1.07. The lowest BCUT2D eigenvalue weighted by molar-refractivity contribution is 0.0368. The third-order valence-electron chi connectivity index (χ3n) is 2.40. The van der Waals surface area contributed by atoms with E-state index in [1.807, 2.05) is 0 Å². The maximum atomic E-state index is 13.2. The SMILES string of the molecule is CC(C)OC(=O)c1c(N)ccc(S(C)(=O)=O)c1C(F)F. The van der Waals surface area contributed by atoms with Crippen molar-refractivity contribution in [2.75, 3.05) is 12.0 Å². The Morgan fingerprint density at radius 3 is 2.25 bits per heavy atom. The van der Waals surface area contributed by atoms with Crippen LogP contribution in [0.15, 0.2) is 17.0 Å². The number of hydrogen-bond donors (Lipinski definition) is 1. The lowest BCUT2D eigenvalue weighted by Crippen LogP contribution is -2.18. The van der Waals surface area contributed by atoms with Crippen LogP contribution >= 0.6 is 0 Å². The molecule has 1 aromatic carbocycles. The van der Waals surface area contributed by atoms with E-state index in [9.17, 15) is 22.0 Å². The molecule has 0 radical (unpaired) electrons. The maximum Gasteiger partial charge on any atom is 0.341 e. The van der Waals surface area contributed by atoms with Crippen molar-refractivity contribution in [2.45, 2.75) is 31.3 Å². The van der Waals surface area contributed by atoms with Crippen molar-refractivity contribution in [3.63, 3.8) is 0 Å². The molecular weight excluding hydrogens is 292 g/mol. The first-order chi connectivity index (χ1) is 9.05. The summed E-state index contributed by atoms with van der Waals surface area (Å²) in [6.07, 6.45) is -2.94. The number of sulfone groups is 1. The largest absolute Gasteiger partial charge is 0.459 e. The summed E-state index contributed by atoms with van der Waals surface area (Å²) in [4.78, 5) is 11.2. The van der Waals surface area contributed by atoms with E-state index in [0.717, 1.165) is 18.4 Å². The van der Waals surface area contributed by atoms with Crippen LogP contribution in [0.25, 0.3) is 0 Å². The van der Waals surface area contributed by atoms with Gasteiger partial charge >= 0.3 is 5.97 Å². The molecule has 0 amide bonds. The Hall–Kier alpha value is -1.70. The predicted molar refractivity (Wildman–Crippen MR) is 69.5 cm³/mol. The first kappa shape index (κ1) is 16.4. The average Bonchev–Trinajstić information content (AvgIpc) is 2.25. The van der Waals surface area contributed by atoms with Crippen LogP contribution in [0, 0.1) is 0 Å². The lowest BCUT2D eigenvalue weighted by atomic mass is 10.1. The highest BCUT2D eigenvalue weighted by Gasteiger charge is 2.29. The summed E-state index contributed by atoms with van der Waals surface area (Å²) in [6.45, 7) is 3.08. The predicted octanol–water partition coefficient (Wildman–Crippen LogP) is 2.18. The van der Waals surface area contributed by atoms with Crippen molar-refractivity contribution in [1.82, 2.24) is 0 Å². The number of anilines is 1. The fraction of sp³-hybridized carbons (Fsp3) is 0.417. The highest BCUT2D eigenvalue weighted by atomic mass is 32.2. The van der Waals surface area contributed by atoms with Gasteiger partial charge in [0.05, 0.1) is 22.1 Å². The molecule has 1 rings (SSSR count). The van der Waals surface area contributed by atoms with Gasteiger partial charge in [-0.3, -0.25) is 0 Å². The van der Waals surface area contributed by atoms with Crippen molar-refractivity contribution < 1.29 is 26.7 Å². The van der Waals surface area contributed by atoms with E-state index in [1.165, 1.54) is 13.8 Å². The van der Waals surface area contributed by atoms with Gasteiger partial charge in [0.2, 0.25) is 0 Å². The molecule has 8 heteroatoms. The van der Waals surface area contributed by atoms with Gasteiger partial charge in [0.15, 0.2) is 9.84 Å². The van der Waals surface area contributed by atoms with Crippen LogP contribution in [-0.2, 0) is 14.6 Å². The average molecular weight is 307 g/mol. The van der Waals surface area contributed by atoms with E-state index in [1.54, 1.807) is 0 Å². The number of halogens is 2. The molecule has 20 heavy (non-hydrogen) atoms. The number of benzene rings is 1. The molecule has 0 aliphatic carbocycles. The molecule has 0 aliphatic heterocycles. The summed E-state index contributed by atoms with van der Waals surface area (Å²) in [7, 11) is -3.92. The molecule has 0 fully saturated rings. The molecule has 0 unspecified atom stereocenters. The molecule has 0 spiro atoms. The standard InChI is InChI=1S/C12H15F2NO4S/c1-6(2)19-12(16)9-7(15)4-5-8(20(3,17)18)10(9)11(13)14/h4-6,11H,15H2,1-3H3. The van der Waals surface area contributed by atoms with Crippen LogP contribution in [0.2, 0.25) is 0 Å². The van der Waals surface area contributed by atoms with Crippen LogP contribution in [0.1, 0.15) is 36.2 Å². The zero-order chi connectivity index (χ0) is 15.7. The lowest BCUT2D eigenvalue weighted by Gasteiger charge is -2.16. The molecule has 112 valence electrons. The van der Waals surface area contributed by atoms with E-state index >= 15 is 0 Å². The molecule has 5 nitrogen and oxygen atoms in total. The Morgan fingerprint density at radius 1 is 1.30 bits per heavy atom. The third kappa shape index (κ3) is 3.44. The minimum absolute atomic E-state index is 0.252. The van der Waals surface area contributed by atoms with E-state index in [2.05, 4.69) is 0 Å². The van der Waals surface area contributed by atoms with Crippen LogP contribution in [0.5, 0.6) is 0 Å². The van der Waals surface area contributed by atoms with Gasteiger partial charge in [0, 0.05) is 11.9 Å². The number of nitrogen functional groups attached to an aromatic ring is 1. The Balaban J connectivity index is 3.61. The molecule has 0 saturated heterocycles. The zero-order valence-corrected chi connectivity index (χ0v) is 12.0. The fourth-order valence-corrected chi connectivity index (χ4v) is 2.56. The van der Waals surface area contributed by atoms with Crippen molar-refractivity contribution in [3.05, 3.63) is 23.3 Å². The highest BCUT2D eigenvalue weighted by molar-refractivity contribution is 7.90. The second-order valence-corrected chi connectivity index (χ2v) is 6.45. The normalized spacial score (nSPS) is 11.9. The molecule has 0 heterocycles. The topological polar surface area (TPSA) is 86.5 Å². The van der Waals surface area contributed by atoms with Gasteiger partial charge in [-0.05, 0) is 26.0 Å². The van der Waals surface area contributed by atoms with E-state index in [4.69, 9.17) is 10.5 Å². The first-order valence-corrected chi connectivity index (χ1v) is 7.56. The van der Waals surface area contributed by atoms with Crippen LogP contribution in [-0.4, -0.2) is 26.7 Å². The number of rotatable bonds is 4. The Labute approximate surface area is 115 Å². The smallest absolute Gasteiger partial charge is 0.341 e. The van der Waals surface area contributed by atoms with Crippen molar-refractivity contribution >= 4 is 21.5 Å². The summed E-state index contributed by atoms with van der Waals surface area (Å²) in [5, 5.41) is 0. The van der Waals surface area contributed by atoms with E-state index in [-0.39, 0.29) is 5.69 Å². The Morgan fingerprint density at radius 2 is 1.85 bits per heavy atom. The molecule has 2 N–H and O–H groups in total. The Bertz CT molecular complexity index is 627. The van der Waals surface area contributed by atoms with Crippen LogP contribution < -0.4 is 5.73 Å². The monoisotopic (exact) mass is 307 g/mol. The highest BCUT2D eigenvalue weighted by Crippen LogP contribution is 2.33.